The third-order valence-corrected chi connectivity index (χ3v) is 4.96. The van der Waals surface area contributed by atoms with Crippen LogP contribution in [0.5, 0.6) is 0 Å². The largest absolute Gasteiger partial charge is 0.313 e. The van der Waals surface area contributed by atoms with Gasteiger partial charge in [-0.1, -0.05) is 23.7 Å². The van der Waals surface area contributed by atoms with Crippen LogP contribution in [0.25, 0.3) is 0 Å². The van der Waals surface area contributed by atoms with Crippen LogP contribution < -0.4 is 5.32 Å². The fourth-order valence-electron chi connectivity index (χ4n) is 2.02. The average molecular weight is 422 g/mol. The van der Waals surface area contributed by atoms with Gasteiger partial charge in [-0.05, 0) is 80.7 Å². The van der Waals surface area contributed by atoms with E-state index in [9.17, 15) is 4.39 Å². The molecule has 2 rings (SSSR count). The Bertz CT molecular complexity index is 619. The van der Waals surface area contributed by atoms with Gasteiger partial charge in [0.15, 0.2) is 0 Å². The SMILES string of the molecule is CNC(Cc1ccc(F)c(Br)c1)c1ccc(Br)c(Cl)c1. The summed E-state index contributed by atoms with van der Waals surface area (Å²) in [4.78, 5) is 0. The van der Waals surface area contributed by atoms with Gasteiger partial charge in [-0.15, -0.1) is 0 Å². The number of nitrogens with one attached hydrogen (secondary N) is 1. The van der Waals surface area contributed by atoms with Crippen LogP contribution in [0, 0.1) is 5.82 Å². The summed E-state index contributed by atoms with van der Waals surface area (Å²) in [6, 6.07) is 11.1. The molecule has 0 radical (unpaired) electrons. The maximum absolute atomic E-state index is 13.3. The maximum atomic E-state index is 13.3. The van der Waals surface area contributed by atoms with Gasteiger partial charge in [0.25, 0.3) is 0 Å². The molecule has 0 fully saturated rings. The summed E-state index contributed by atoms with van der Waals surface area (Å²) in [5.74, 6) is -0.249. The van der Waals surface area contributed by atoms with Crippen molar-refractivity contribution in [2.75, 3.05) is 7.05 Å². The minimum absolute atomic E-state index is 0.123. The van der Waals surface area contributed by atoms with Gasteiger partial charge in [0.2, 0.25) is 0 Å². The molecular formula is C15H13Br2ClFN. The second kappa shape index (κ2) is 7.03. The van der Waals surface area contributed by atoms with Crippen molar-refractivity contribution in [1.29, 1.82) is 0 Å². The normalized spacial score (nSPS) is 12.4. The Hall–Kier alpha value is -0.420. The molecule has 20 heavy (non-hydrogen) atoms. The first kappa shape index (κ1) is 16.0. The van der Waals surface area contributed by atoms with Gasteiger partial charge in [-0.25, -0.2) is 4.39 Å². The molecule has 0 saturated heterocycles. The van der Waals surface area contributed by atoms with E-state index in [0.717, 1.165) is 22.0 Å². The summed E-state index contributed by atoms with van der Waals surface area (Å²) in [6.07, 6.45) is 0.757. The van der Waals surface area contributed by atoms with Crippen molar-refractivity contribution in [2.24, 2.45) is 0 Å². The molecule has 1 unspecified atom stereocenters. The van der Waals surface area contributed by atoms with Crippen LogP contribution in [0.2, 0.25) is 5.02 Å². The highest BCUT2D eigenvalue weighted by Crippen LogP contribution is 2.28. The van der Waals surface area contributed by atoms with Gasteiger partial charge in [0, 0.05) is 10.5 Å². The fourth-order valence-corrected chi connectivity index (χ4v) is 2.88. The summed E-state index contributed by atoms with van der Waals surface area (Å²) in [6.45, 7) is 0. The predicted molar refractivity (Wildman–Crippen MR) is 88.8 cm³/mol. The number of benzene rings is 2. The van der Waals surface area contributed by atoms with Crippen molar-refractivity contribution in [3.8, 4) is 0 Å². The Labute approximate surface area is 139 Å². The molecule has 2 aromatic rings. The van der Waals surface area contributed by atoms with E-state index in [0.29, 0.717) is 9.50 Å². The van der Waals surface area contributed by atoms with Crippen molar-refractivity contribution in [1.82, 2.24) is 5.32 Å². The Balaban J connectivity index is 2.23. The zero-order valence-corrected chi connectivity index (χ0v) is 14.7. The minimum Gasteiger partial charge on any atom is -0.313 e. The lowest BCUT2D eigenvalue weighted by Gasteiger charge is -2.17. The molecule has 0 heterocycles. The molecule has 1 nitrogen and oxygen atoms in total. The molecule has 0 spiro atoms. The molecular weight excluding hydrogens is 408 g/mol. The van der Waals surface area contributed by atoms with E-state index in [-0.39, 0.29) is 11.9 Å². The summed E-state index contributed by atoms with van der Waals surface area (Å²) in [5.41, 5.74) is 2.15. The fraction of sp³-hybridized carbons (Fsp3) is 0.200. The van der Waals surface area contributed by atoms with Crippen LogP contribution in [0.4, 0.5) is 4.39 Å². The van der Waals surface area contributed by atoms with Crippen molar-refractivity contribution in [3.63, 3.8) is 0 Å². The molecule has 1 atom stereocenters. The van der Waals surface area contributed by atoms with Crippen molar-refractivity contribution >= 4 is 43.5 Å². The Morgan fingerprint density at radius 1 is 1.15 bits per heavy atom. The van der Waals surface area contributed by atoms with Crippen LogP contribution in [0.3, 0.4) is 0 Å². The zero-order chi connectivity index (χ0) is 14.7. The molecule has 0 bridgehead atoms. The Kier molecular flexibility index (Phi) is 5.61. The topological polar surface area (TPSA) is 12.0 Å². The quantitative estimate of drug-likeness (QED) is 0.687. The monoisotopic (exact) mass is 419 g/mol. The zero-order valence-electron chi connectivity index (χ0n) is 10.8. The van der Waals surface area contributed by atoms with Gasteiger partial charge in [0.1, 0.15) is 5.82 Å². The molecule has 0 aliphatic heterocycles. The molecule has 0 aromatic heterocycles. The number of rotatable bonds is 4. The van der Waals surface area contributed by atoms with Gasteiger partial charge in [-0.2, -0.15) is 0 Å². The molecule has 5 heteroatoms. The van der Waals surface area contributed by atoms with Gasteiger partial charge in [-0.3, -0.25) is 0 Å². The van der Waals surface area contributed by atoms with E-state index < -0.39 is 0 Å². The minimum atomic E-state index is -0.249. The van der Waals surface area contributed by atoms with E-state index in [1.165, 1.54) is 6.07 Å². The van der Waals surface area contributed by atoms with Crippen LogP contribution >= 0.6 is 43.5 Å². The highest BCUT2D eigenvalue weighted by Gasteiger charge is 2.12. The van der Waals surface area contributed by atoms with Crippen molar-refractivity contribution in [2.45, 2.75) is 12.5 Å². The molecule has 106 valence electrons. The van der Waals surface area contributed by atoms with E-state index in [2.05, 4.69) is 37.2 Å². The predicted octanol–water partition coefficient (Wildman–Crippen LogP) is 5.51. The smallest absolute Gasteiger partial charge is 0.137 e. The summed E-state index contributed by atoms with van der Waals surface area (Å²) in [5, 5.41) is 3.95. The number of halogens is 4. The lowest BCUT2D eigenvalue weighted by molar-refractivity contribution is 0.587. The molecule has 0 amide bonds. The molecule has 0 aliphatic carbocycles. The summed E-state index contributed by atoms with van der Waals surface area (Å²) < 4.78 is 14.6. The lowest BCUT2D eigenvalue weighted by atomic mass is 9.99. The average Bonchev–Trinajstić information content (AvgIpc) is 2.43. The maximum Gasteiger partial charge on any atom is 0.137 e. The van der Waals surface area contributed by atoms with E-state index in [1.807, 2.05) is 25.2 Å². The molecule has 1 N–H and O–H groups in total. The van der Waals surface area contributed by atoms with Crippen molar-refractivity contribution < 1.29 is 4.39 Å². The first-order chi connectivity index (χ1) is 9.51. The van der Waals surface area contributed by atoms with E-state index >= 15 is 0 Å². The van der Waals surface area contributed by atoms with Crippen LogP contribution in [0.15, 0.2) is 45.3 Å². The second-order valence-corrected chi connectivity index (χ2v) is 6.58. The first-order valence-electron chi connectivity index (χ1n) is 6.07. The van der Waals surface area contributed by atoms with Gasteiger partial charge >= 0.3 is 0 Å². The highest BCUT2D eigenvalue weighted by atomic mass is 79.9. The summed E-state index contributed by atoms with van der Waals surface area (Å²) in [7, 11) is 1.90. The van der Waals surface area contributed by atoms with E-state index in [1.54, 1.807) is 12.1 Å². The third-order valence-electron chi connectivity index (χ3n) is 3.12. The van der Waals surface area contributed by atoms with Crippen molar-refractivity contribution in [3.05, 3.63) is 67.3 Å². The number of hydrogen-bond donors (Lipinski definition) is 1. The Morgan fingerprint density at radius 2 is 1.90 bits per heavy atom. The first-order valence-corrected chi connectivity index (χ1v) is 8.04. The number of likely N-dealkylation sites (N-methyl/N-ethyl adjacent to an activating group) is 1. The molecule has 0 saturated carbocycles. The van der Waals surface area contributed by atoms with Crippen LogP contribution in [-0.2, 0) is 6.42 Å². The standard InChI is InChI=1S/C15H13Br2ClFN/c1-20-15(10-3-4-11(16)13(18)8-10)7-9-2-5-14(19)12(17)6-9/h2-6,8,15,20H,7H2,1H3. The second-order valence-electron chi connectivity index (χ2n) is 4.47. The Morgan fingerprint density at radius 3 is 2.50 bits per heavy atom. The van der Waals surface area contributed by atoms with Gasteiger partial charge < -0.3 is 5.32 Å². The van der Waals surface area contributed by atoms with Gasteiger partial charge in [0.05, 0.1) is 9.50 Å². The number of hydrogen-bond acceptors (Lipinski definition) is 1. The van der Waals surface area contributed by atoms with Crippen LogP contribution in [0.1, 0.15) is 17.2 Å². The summed E-state index contributed by atoms with van der Waals surface area (Å²) >= 11 is 12.7. The van der Waals surface area contributed by atoms with Crippen LogP contribution in [-0.4, -0.2) is 7.05 Å². The molecule has 2 aromatic carbocycles. The lowest BCUT2D eigenvalue weighted by Crippen LogP contribution is -2.18. The molecule has 0 aliphatic rings. The third kappa shape index (κ3) is 3.82. The van der Waals surface area contributed by atoms with E-state index in [4.69, 9.17) is 11.6 Å². The highest BCUT2D eigenvalue weighted by molar-refractivity contribution is 9.10.